The number of nitrogens with one attached hydrogen (secondary N) is 1. The summed E-state index contributed by atoms with van der Waals surface area (Å²) in [4.78, 5) is 27.3. The Morgan fingerprint density at radius 3 is 2.22 bits per heavy atom. The standard InChI is InChI=1S/C17H27N3O3/c1-5-19(6-2)16-9-7-15(8-10-16)18-17(22)13-20(14(3)21)11-12-23-4/h7-10H,5-6,11-13H2,1-4H3,(H,18,22). The Kier molecular flexibility index (Phi) is 8.11. The van der Waals surface area contributed by atoms with E-state index in [2.05, 4.69) is 24.1 Å². The molecule has 0 saturated heterocycles. The highest BCUT2D eigenvalue weighted by molar-refractivity contribution is 5.94. The van der Waals surface area contributed by atoms with Gasteiger partial charge in [-0.2, -0.15) is 0 Å². The first-order valence-electron chi connectivity index (χ1n) is 7.91. The molecule has 0 aliphatic heterocycles. The van der Waals surface area contributed by atoms with Crippen LogP contribution in [0, 0.1) is 0 Å². The number of benzene rings is 1. The van der Waals surface area contributed by atoms with Gasteiger partial charge in [-0.3, -0.25) is 9.59 Å². The topological polar surface area (TPSA) is 61.9 Å². The average molecular weight is 321 g/mol. The van der Waals surface area contributed by atoms with Gasteiger partial charge in [0.1, 0.15) is 0 Å². The summed E-state index contributed by atoms with van der Waals surface area (Å²) in [7, 11) is 1.57. The summed E-state index contributed by atoms with van der Waals surface area (Å²) in [5, 5.41) is 2.81. The van der Waals surface area contributed by atoms with Crippen molar-refractivity contribution in [2.75, 3.05) is 50.1 Å². The molecule has 1 N–H and O–H groups in total. The van der Waals surface area contributed by atoms with Crippen molar-refractivity contribution in [1.82, 2.24) is 4.90 Å². The summed E-state index contributed by atoms with van der Waals surface area (Å²) in [5.74, 6) is -0.360. The van der Waals surface area contributed by atoms with Gasteiger partial charge in [0.05, 0.1) is 13.2 Å². The number of amides is 2. The van der Waals surface area contributed by atoms with Crippen molar-refractivity contribution in [3.63, 3.8) is 0 Å². The van der Waals surface area contributed by atoms with Gasteiger partial charge in [0.15, 0.2) is 0 Å². The second-order valence-electron chi connectivity index (χ2n) is 5.20. The highest BCUT2D eigenvalue weighted by Gasteiger charge is 2.13. The lowest BCUT2D eigenvalue weighted by Gasteiger charge is -2.22. The van der Waals surface area contributed by atoms with Gasteiger partial charge in [-0.1, -0.05) is 0 Å². The van der Waals surface area contributed by atoms with Crippen molar-refractivity contribution in [2.45, 2.75) is 20.8 Å². The predicted octanol–water partition coefficient (Wildman–Crippen LogP) is 1.97. The molecule has 1 aromatic carbocycles. The first kappa shape index (κ1) is 19.0. The minimum absolute atomic E-state index is 0.0243. The minimum Gasteiger partial charge on any atom is -0.383 e. The highest BCUT2D eigenvalue weighted by Crippen LogP contribution is 2.17. The summed E-state index contributed by atoms with van der Waals surface area (Å²) in [5.41, 5.74) is 1.85. The normalized spacial score (nSPS) is 10.3. The summed E-state index contributed by atoms with van der Waals surface area (Å²) in [6.07, 6.45) is 0. The zero-order chi connectivity index (χ0) is 17.2. The van der Waals surface area contributed by atoms with Crippen LogP contribution in [0.2, 0.25) is 0 Å². The quantitative estimate of drug-likeness (QED) is 0.755. The molecule has 1 rings (SSSR count). The third-order valence-electron chi connectivity index (χ3n) is 3.62. The van der Waals surface area contributed by atoms with E-state index in [-0.39, 0.29) is 18.4 Å². The Balaban J connectivity index is 2.61. The van der Waals surface area contributed by atoms with E-state index in [1.165, 1.54) is 11.8 Å². The van der Waals surface area contributed by atoms with E-state index >= 15 is 0 Å². The summed E-state index contributed by atoms with van der Waals surface area (Å²) in [6, 6.07) is 7.71. The fraction of sp³-hybridized carbons (Fsp3) is 0.529. The van der Waals surface area contributed by atoms with Gasteiger partial charge >= 0.3 is 0 Å². The number of hydrogen-bond donors (Lipinski definition) is 1. The largest absolute Gasteiger partial charge is 0.383 e. The van der Waals surface area contributed by atoms with Gasteiger partial charge in [-0.15, -0.1) is 0 Å². The molecular formula is C17H27N3O3. The molecule has 0 saturated carbocycles. The lowest BCUT2D eigenvalue weighted by molar-refractivity contribution is -0.133. The first-order valence-corrected chi connectivity index (χ1v) is 7.91. The SMILES string of the molecule is CCN(CC)c1ccc(NC(=O)CN(CCOC)C(C)=O)cc1. The molecule has 0 unspecified atom stereocenters. The summed E-state index contributed by atoms with van der Waals surface area (Å²) >= 11 is 0. The van der Waals surface area contributed by atoms with Gasteiger partial charge in [-0.25, -0.2) is 0 Å². The fourth-order valence-corrected chi connectivity index (χ4v) is 2.27. The number of nitrogens with zero attached hydrogens (tertiary/aromatic N) is 2. The van der Waals surface area contributed by atoms with Crippen LogP contribution in [0.3, 0.4) is 0 Å². The Morgan fingerprint density at radius 1 is 1.13 bits per heavy atom. The molecule has 0 heterocycles. The maximum absolute atomic E-state index is 12.1. The van der Waals surface area contributed by atoms with E-state index in [0.717, 1.165) is 24.5 Å². The molecule has 0 aromatic heterocycles. The molecule has 0 atom stereocenters. The molecule has 0 radical (unpaired) electrons. The second-order valence-corrected chi connectivity index (χ2v) is 5.20. The van der Waals surface area contributed by atoms with Crippen LogP contribution in [-0.4, -0.2) is 56.6 Å². The van der Waals surface area contributed by atoms with Gasteiger partial charge in [0, 0.05) is 45.0 Å². The second kappa shape index (κ2) is 9.84. The summed E-state index contributed by atoms with van der Waals surface area (Å²) in [6.45, 7) is 8.37. The van der Waals surface area contributed by atoms with E-state index in [9.17, 15) is 9.59 Å². The molecule has 0 aliphatic carbocycles. The third-order valence-corrected chi connectivity index (χ3v) is 3.62. The Morgan fingerprint density at radius 2 is 1.74 bits per heavy atom. The number of methoxy groups -OCH3 is 1. The maximum Gasteiger partial charge on any atom is 0.243 e. The molecule has 0 fully saturated rings. The predicted molar refractivity (Wildman–Crippen MR) is 92.8 cm³/mol. The van der Waals surface area contributed by atoms with E-state index in [1.54, 1.807) is 7.11 Å². The van der Waals surface area contributed by atoms with Crippen molar-refractivity contribution in [3.05, 3.63) is 24.3 Å². The molecule has 0 aliphatic rings. The van der Waals surface area contributed by atoms with Crippen LogP contribution in [0.1, 0.15) is 20.8 Å². The molecule has 1 aromatic rings. The van der Waals surface area contributed by atoms with E-state index < -0.39 is 0 Å². The monoisotopic (exact) mass is 321 g/mol. The number of hydrogen-bond acceptors (Lipinski definition) is 4. The zero-order valence-corrected chi connectivity index (χ0v) is 14.5. The van der Waals surface area contributed by atoms with Crippen molar-refractivity contribution in [1.29, 1.82) is 0 Å². The highest BCUT2D eigenvalue weighted by atomic mass is 16.5. The first-order chi connectivity index (χ1) is 11.0. The number of anilines is 2. The van der Waals surface area contributed by atoms with Crippen molar-refractivity contribution < 1.29 is 14.3 Å². The number of carbonyl (C=O) groups excluding carboxylic acids is 2. The Bertz CT molecular complexity index is 498. The Labute approximate surface area is 138 Å². The Hall–Kier alpha value is -2.08. The molecule has 23 heavy (non-hydrogen) atoms. The molecule has 2 amide bonds. The van der Waals surface area contributed by atoms with Gasteiger partial charge in [0.25, 0.3) is 0 Å². The smallest absolute Gasteiger partial charge is 0.243 e. The molecular weight excluding hydrogens is 294 g/mol. The molecule has 6 nitrogen and oxygen atoms in total. The minimum atomic E-state index is -0.216. The van der Waals surface area contributed by atoms with Crippen LogP contribution in [-0.2, 0) is 14.3 Å². The van der Waals surface area contributed by atoms with E-state index in [4.69, 9.17) is 4.74 Å². The van der Waals surface area contributed by atoms with E-state index in [1.807, 2.05) is 24.3 Å². The van der Waals surface area contributed by atoms with Gasteiger partial charge < -0.3 is 19.9 Å². The van der Waals surface area contributed by atoms with Crippen LogP contribution >= 0.6 is 0 Å². The van der Waals surface area contributed by atoms with Crippen molar-refractivity contribution >= 4 is 23.2 Å². The average Bonchev–Trinajstić information content (AvgIpc) is 2.54. The van der Waals surface area contributed by atoms with Crippen LogP contribution < -0.4 is 10.2 Å². The number of carbonyl (C=O) groups is 2. The number of ether oxygens (including phenoxy) is 1. The summed E-state index contributed by atoms with van der Waals surface area (Å²) < 4.78 is 4.95. The van der Waals surface area contributed by atoms with Crippen molar-refractivity contribution in [2.24, 2.45) is 0 Å². The fourth-order valence-electron chi connectivity index (χ4n) is 2.27. The van der Waals surface area contributed by atoms with Crippen LogP contribution in [0.25, 0.3) is 0 Å². The van der Waals surface area contributed by atoms with Gasteiger partial charge in [-0.05, 0) is 38.1 Å². The lowest BCUT2D eigenvalue weighted by Crippen LogP contribution is -2.38. The van der Waals surface area contributed by atoms with Crippen molar-refractivity contribution in [3.8, 4) is 0 Å². The molecule has 0 bridgehead atoms. The van der Waals surface area contributed by atoms with Crippen LogP contribution in [0.4, 0.5) is 11.4 Å². The van der Waals surface area contributed by atoms with Crippen LogP contribution in [0.15, 0.2) is 24.3 Å². The maximum atomic E-state index is 12.1. The van der Waals surface area contributed by atoms with Crippen LogP contribution in [0.5, 0.6) is 0 Å². The zero-order valence-electron chi connectivity index (χ0n) is 14.5. The molecule has 128 valence electrons. The lowest BCUT2D eigenvalue weighted by atomic mass is 10.2. The third kappa shape index (κ3) is 6.28. The molecule has 0 spiro atoms. The van der Waals surface area contributed by atoms with Gasteiger partial charge in [0.2, 0.25) is 11.8 Å². The van der Waals surface area contributed by atoms with E-state index in [0.29, 0.717) is 13.2 Å². The molecule has 6 heteroatoms. The number of rotatable bonds is 9.